The quantitative estimate of drug-likeness (QED) is 0.423. The van der Waals surface area contributed by atoms with E-state index in [1.807, 2.05) is 0 Å². The molecule has 3 heterocycles. The number of hydrogen-bond donors (Lipinski definition) is 0. The summed E-state index contributed by atoms with van der Waals surface area (Å²) in [5, 5.41) is 0. The molecule has 0 N–H and O–H groups in total. The summed E-state index contributed by atoms with van der Waals surface area (Å²) in [5.41, 5.74) is -0.451. The lowest BCUT2D eigenvalue weighted by Gasteiger charge is -2.55. The first-order valence-electron chi connectivity index (χ1n) is 6.62. The molecule has 3 saturated heterocycles. The van der Waals surface area contributed by atoms with Gasteiger partial charge in [-0.3, -0.25) is 4.79 Å². The maximum atomic E-state index is 11.3. The van der Waals surface area contributed by atoms with Crippen LogP contribution in [0.5, 0.6) is 0 Å². The van der Waals surface area contributed by atoms with Gasteiger partial charge in [0.25, 0.3) is 0 Å². The van der Waals surface area contributed by atoms with Crippen LogP contribution >= 0.6 is 22.6 Å². The number of rotatable bonds is 3. The average Bonchev–Trinajstić information content (AvgIpc) is 2.66. The van der Waals surface area contributed by atoms with Gasteiger partial charge in [-0.25, -0.2) is 0 Å². The average molecular weight is 382 g/mol. The van der Waals surface area contributed by atoms with Crippen molar-refractivity contribution in [2.24, 2.45) is 17.8 Å². The van der Waals surface area contributed by atoms with Crippen LogP contribution < -0.4 is 0 Å². The molecule has 0 aromatic heterocycles. The zero-order valence-electron chi connectivity index (χ0n) is 11.3. The fraction of sp³-hybridized carbons (Fsp3) is 0.923. The van der Waals surface area contributed by atoms with Crippen LogP contribution in [0.25, 0.3) is 0 Å². The summed E-state index contributed by atoms with van der Waals surface area (Å²) >= 11 is 2.31. The number of alkyl halides is 1. The van der Waals surface area contributed by atoms with Crippen molar-refractivity contribution in [1.82, 2.24) is 0 Å². The molecular formula is C13H19IO5. The first-order valence-corrected chi connectivity index (χ1v) is 8.15. The van der Waals surface area contributed by atoms with Gasteiger partial charge in [-0.05, 0) is 12.3 Å². The molecular weight excluding hydrogens is 363 g/mol. The van der Waals surface area contributed by atoms with Gasteiger partial charge in [0.1, 0.15) is 11.7 Å². The van der Waals surface area contributed by atoms with E-state index in [0.717, 1.165) is 10.8 Å². The van der Waals surface area contributed by atoms with Crippen LogP contribution in [0.1, 0.15) is 20.3 Å². The van der Waals surface area contributed by atoms with Crippen LogP contribution in [-0.2, 0) is 23.7 Å². The fourth-order valence-corrected chi connectivity index (χ4v) is 5.13. The second-order valence-electron chi connectivity index (χ2n) is 5.70. The van der Waals surface area contributed by atoms with Crippen LogP contribution in [0.15, 0.2) is 0 Å². The van der Waals surface area contributed by atoms with E-state index < -0.39 is 5.60 Å². The predicted octanol–water partition coefficient (Wildman–Crippen LogP) is 1.72. The van der Waals surface area contributed by atoms with Crippen LogP contribution in [0, 0.1) is 17.8 Å². The SMILES string of the molecule is CO[C@@H]1O[C@H]2O[C@@]3(CI)[C@@H]1[C@H](C[C@@H]3OC(C)=O)[C@H]2C. The van der Waals surface area contributed by atoms with Gasteiger partial charge in [0.05, 0.1) is 0 Å². The van der Waals surface area contributed by atoms with Crippen molar-refractivity contribution in [2.75, 3.05) is 11.5 Å². The molecule has 4 aliphatic rings. The molecule has 0 radical (unpaired) electrons. The molecule has 108 valence electrons. The maximum Gasteiger partial charge on any atom is 0.303 e. The lowest BCUT2D eigenvalue weighted by Crippen LogP contribution is -2.66. The van der Waals surface area contributed by atoms with Gasteiger partial charge in [-0.1, -0.05) is 29.5 Å². The van der Waals surface area contributed by atoms with E-state index in [0.29, 0.717) is 11.8 Å². The minimum atomic E-state index is -0.451. The standard InChI is InChI=1S/C13H19IO5/c1-6-8-4-9(17-7(2)15)13(5-14)10(8)12(16-3)18-11(6)19-13/h6,8-12H,4-5H2,1-3H3/t6-,8-,9+,10-,11+,12-,13-/m1/s1. The van der Waals surface area contributed by atoms with Crippen molar-refractivity contribution in [3.8, 4) is 0 Å². The zero-order valence-corrected chi connectivity index (χ0v) is 13.5. The van der Waals surface area contributed by atoms with Gasteiger partial charge in [0, 0.05) is 30.3 Å². The maximum absolute atomic E-state index is 11.3. The molecule has 4 rings (SSSR count). The fourth-order valence-electron chi connectivity index (χ4n) is 3.95. The van der Waals surface area contributed by atoms with E-state index in [-0.39, 0.29) is 30.6 Å². The van der Waals surface area contributed by atoms with E-state index in [9.17, 15) is 4.79 Å². The molecule has 6 heteroatoms. The molecule has 0 aromatic carbocycles. The Kier molecular flexibility index (Phi) is 3.56. The third kappa shape index (κ3) is 1.86. The second kappa shape index (κ2) is 4.82. The van der Waals surface area contributed by atoms with Crippen LogP contribution in [0.3, 0.4) is 0 Å². The molecule has 0 amide bonds. The lowest BCUT2D eigenvalue weighted by atomic mass is 9.74. The van der Waals surface area contributed by atoms with Crippen molar-refractivity contribution >= 4 is 28.6 Å². The molecule has 1 saturated carbocycles. The summed E-state index contributed by atoms with van der Waals surface area (Å²) in [4.78, 5) is 11.3. The molecule has 0 spiro atoms. The predicted molar refractivity (Wildman–Crippen MR) is 74.7 cm³/mol. The first kappa shape index (κ1) is 14.0. The number of methoxy groups -OCH3 is 1. The van der Waals surface area contributed by atoms with Gasteiger partial charge in [0.15, 0.2) is 12.6 Å². The van der Waals surface area contributed by atoms with Crippen molar-refractivity contribution in [1.29, 1.82) is 0 Å². The normalized spacial score (nSPS) is 51.4. The molecule has 19 heavy (non-hydrogen) atoms. The summed E-state index contributed by atoms with van der Waals surface area (Å²) in [6, 6.07) is 0. The van der Waals surface area contributed by atoms with Crippen molar-refractivity contribution in [2.45, 2.75) is 44.6 Å². The minimum absolute atomic E-state index is 0.138. The monoisotopic (exact) mass is 382 g/mol. The number of esters is 1. The second-order valence-corrected chi connectivity index (χ2v) is 6.46. The van der Waals surface area contributed by atoms with Crippen molar-refractivity contribution in [3.05, 3.63) is 0 Å². The molecule has 3 aliphatic heterocycles. The van der Waals surface area contributed by atoms with Crippen molar-refractivity contribution in [3.63, 3.8) is 0 Å². The minimum Gasteiger partial charge on any atom is -0.459 e. The smallest absolute Gasteiger partial charge is 0.303 e. The highest BCUT2D eigenvalue weighted by atomic mass is 127. The first-order chi connectivity index (χ1) is 9.03. The molecule has 0 aromatic rings. The van der Waals surface area contributed by atoms with E-state index in [1.54, 1.807) is 7.11 Å². The molecule has 1 aliphatic carbocycles. The molecule has 5 nitrogen and oxygen atoms in total. The van der Waals surface area contributed by atoms with Gasteiger partial charge in [-0.15, -0.1) is 0 Å². The number of halogens is 1. The van der Waals surface area contributed by atoms with E-state index in [2.05, 4.69) is 29.5 Å². The Morgan fingerprint density at radius 1 is 1.53 bits per heavy atom. The zero-order chi connectivity index (χ0) is 13.8. The highest BCUT2D eigenvalue weighted by molar-refractivity contribution is 14.1. The Bertz CT molecular complexity index is 389. The molecule has 4 bridgehead atoms. The Morgan fingerprint density at radius 3 is 2.84 bits per heavy atom. The number of carbonyl (C=O) groups is 1. The highest BCUT2D eigenvalue weighted by Crippen LogP contribution is 2.59. The van der Waals surface area contributed by atoms with Crippen LogP contribution in [0.2, 0.25) is 0 Å². The van der Waals surface area contributed by atoms with Crippen LogP contribution in [0.4, 0.5) is 0 Å². The Balaban J connectivity index is 1.97. The molecule has 0 unspecified atom stereocenters. The van der Waals surface area contributed by atoms with Crippen molar-refractivity contribution < 1.29 is 23.7 Å². The van der Waals surface area contributed by atoms with Crippen LogP contribution in [-0.4, -0.2) is 41.8 Å². The van der Waals surface area contributed by atoms with E-state index in [1.165, 1.54) is 6.92 Å². The van der Waals surface area contributed by atoms with E-state index in [4.69, 9.17) is 18.9 Å². The number of carbonyl (C=O) groups excluding carboxylic acids is 1. The summed E-state index contributed by atoms with van der Waals surface area (Å²) in [7, 11) is 1.66. The third-order valence-electron chi connectivity index (χ3n) is 4.81. The topological polar surface area (TPSA) is 54.0 Å². The van der Waals surface area contributed by atoms with Gasteiger partial charge in [-0.2, -0.15) is 0 Å². The van der Waals surface area contributed by atoms with E-state index >= 15 is 0 Å². The third-order valence-corrected chi connectivity index (χ3v) is 6.00. The Hall–Kier alpha value is 0.0800. The summed E-state index contributed by atoms with van der Waals surface area (Å²) in [6.45, 7) is 3.59. The summed E-state index contributed by atoms with van der Waals surface area (Å²) < 4.78 is 23.8. The lowest BCUT2D eigenvalue weighted by molar-refractivity contribution is -0.403. The Labute approximate surface area is 126 Å². The summed E-state index contributed by atoms with van der Waals surface area (Å²) in [6.07, 6.45) is 0.144. The molecule has 7 atom stereocenters. The molecule has 4 fully saturated rings. The number of fused-ring (bicyclic) bond motifs is 1. The van der Waals surface area contributed by atoms with Gasteiger partial charge in [0.2, 0.25) is 0 Å². The number of hydrogen-bond acceptors (Lipinski definition) is 5. The summed E-state index contributed by atoms with van der Waals surface area (Å²) in [5.74, 6) is 0.632. The Morgan fingerprint density at radius 2 is 2.26 bits per heavy atom. The highest BCUT2D eigenvalue weighted by Gasteiger charge is 2.70. The van der Waals surface area contributed by atoms with Gasteiger partial charge < -0.3 is 18.9 Å². The van der Waals surface area contributed by atoms with Gasteiger partial charge >= 0.3 is 5.97 Å². The largest absolute Gasteiger partial charge is 0.459 e. The number of ether oxygens (including phenoxy) is 4.